The van der Waals surface area contributed by atoms with Gasteiger partial charge in [0.1, 0.15) is 6.10 Å². The largest absolute Gasteiger partial charge is 0.370 e. The minimum atomic E-state index is -0.136. The lowest BCUT2D eigenvalue weighted by atomic mass is 9.72. The van der Waals surface area contributed by atoms with Crippen molar-refractivity contribution >= 4 is 5.78 Å². The van der Waals surface area contributed by atoms with E-state index in [2.05, 4.69) is 0 Å². The molecule has 1 aliphatic heterocycles. The van der Waals surface area contributed by atoms with Crippen molar-refractivity contribution in [2.75, 3.05) is 6.61 Å². The molecule has 0 aromatic carbocycles. The Morgan fingerprint density at radius 1 is 1.33 bits per heavy atom. The fourth-order valence-electron chi connectivity index (χ4n) is 2.48. The fraction of sp³-hybridized carbons (Fsp3) is 0.900. The van der Waals surface area contributed by atoms with Gasteiger partial charge in [0.25, 0.3) is 0 Å². The summed E-state index contributed by atoms with van der Waals surface area (Å²) in [4.78, 5) is 11.8. The molecule has 1 aliphatic carbocycles. The van der Waals surface area contributed by atoms with Crippen molar-refractivity contribution in [3.8, 4) is 0 Å². The van der Waals surface area contributed by atoms with E-state index in [4.69, 9.17) is 4.74 Å². The minimum absolute atomic E-state index is 0.0579. The number of rotatable bonds is 0. The van der Waals surface area contributed by atoms with Crippen LogP contribution in [0.4, 0.5) is 0 Å². The molecule has 2 aliphatic rings. The van der Waals surface area contributed by atoms with Gasteiger partial charge in [-0.15, -0.1) is 0 Å². The van der Waals surface area contributed by atoms with Gasteiger partial charge >= 0.3 is 0 Å². The van der Waals surface area contributed by atoms with E-state index in [0.29, 0.717) is 12.4 Å². The van der Waals surface area contributed by atoms with Crippen LogP contribution < -0.4 is 0 Å². The molecule has 12 heavy (non-hydrogen) atoms. The molecular weight excluding hydrogens is 152 g/mol. The highest BCUT2D eigenvalue weighted by molar-refractivity contribution is 5.90. The van der Waals surface area contributed by atoms with Gasteiger partial charge in [-0.05, 0) is 19.8 Å². The molecule has 1 atom stereocenters. The number of ketones is 1. The van der Waals surface area contributed by atoms with Crippen LogP contribution in [0.1, 0.15) is 39.0 Å². The molecule has 2 heteroatoms. The molecule has 2 nitrogen and oxygen atoms in total. The Kier molecular flexibility index (Phi) is 1.95. The Hall–Kier alpha value is -0.370. The first-order valence-corrected chi connectivity index (χ1v) is 4.91. The first kappa shape index (κ1) is 8.24. The average Bonchev–Trinajstić information content (AvgIpc) is 2.37. The standard InChI is InChI=1S/C10H16O2/c1-8-9(11)10(7-12-8)5-3-2-4-6-10/h8H,2-7H2,1H3/t8-/m0/s1. The third-order valence-electron chi connectivity index (χ3n) is 3.31. The second-order valence-corrected chi connectivity index (χ2v) is 4.16. The lowest BCUT2D eigenvalue weighted by Gasteiger charge is -2.29. The molecule has 1 spiro atoms. The van der Waals surface area contributed by atoms with Crippen LogP contribution in [0.15, 0.2) is 0 Å². The highest BCUT2D eigenvalue weighted by Gasteiger charge is 2.47. The molecule has 2 fully saturated rings. The third kappa shape index (κ3) is 1.09. The Labute approximate surface area is 73.3 Å². The summed E-state index contributed by atoms with van der Waals surface area (Å²) in [6.45, 7) is 2.57. The SMILES string of the molecule is C[C@@H]1OCC2(CCCCC2)C1=O. The summed E-state index contributed by atoms with van der Waals surface area (Å²) in [5, 5.41) is 0. The molecule has 0 aromatic rings. The van der Waals surface area contributed by atoms with Gasteiger partial charge in [-0.25, -0.2) is 0 Å². The zero-order chi connectivity index (χ0) is 8.60. The van der Waals surface area contributed by atoms with Crippen LogP contribution in [0.25, 0.3) is 0 Å². The Morgan fingerprint density at radius 2 is 2.00 bits per heavy atom. The van der Waals surface area contributed by atoms with Crippen molar-refractivity contribution in [2.45, 2.75) is 45.1 Å². The van der Waals surface area contributed by atoms with Crippen molar-refractivity contribution in [3.63, 3.8) is 0 Å². The fourth-order valence-corrected chi connectivity index (χ4v) is 2.48. The number of ether oxygens (including phenoxy) is 1. The lowest BCUT2D eigenvalue weighted by molar-refractivity contribution is -0.128. The number of Topliss-reactive ketones (excluding diaryl/α,β-unsaturated/α-hetero) is 1. The smallest absolute Gasteiger partial charge is 0.169 e. The monoisotopic (exact) mass is 168 g/mol. The molecule has 0 radical (unpaired) electrons. The molecule has 0 unspecified atom stereocenters. The molecule has 0 amide bonds. The van der Waals surface area contributed by atoms with E-state index in [9.17, 15) is 4.79 Å². The molecule has 0 bridgehead atoms. The molecule has 1 saturated carbocycles. The van der Waals surface area contributed by atoms with E-state index in [1.54, 1.807) is 0 Å². The van der Waals surface area contributed by atoms with E-state index < -0.39 is 0 Å². The van der Waals surface area contributed by atoms with Crippen LogP contribution in [0, 0.1) is 5.41 Å². The Balaban J connectivity index is 2.14. The second-order valence-electron chi connectivity index (χ2n) is 4.16. The van der Waals surface area contributed by atoms with Crippen LogP contribution in [-0.2, 0) is 9.53 Å². The maximum absolute atomic E-state index is 11.8. The summed E-state index contributed by atoms with van der Waals surface area (Å²) in [6, 6.07) is 0. The minimum Gasteiger partial charge on any atom is -0.370 e. The topological polar surface area (TPSA) is 26.3 Å². The van der Waals surface area contributed by atoms with Gasteiger partial charge in [0.15, 0.2) is 5.78 Å². The summed E-state index contributed by atoms with van der Waals surface area (Å²) >= 11 is 0. The van der Waals surface area contributed by atoms with Crippen molar-refractivity contribution in [2.24, 2.45) is 5.41 Å². The zero-order valence-electron chi connectivity index (χ0n) is 7.64. The molecule has 0 aromatic heterocycles. The van der Waals surface area contributed by atoms with Crippen LogP contribution in [0.2, 0.25) is 0 Å². The molecule has 2 rings (SSSR count). The van der Waals surface area contributed by atoms with Gasteiger partial charge in [0.05, 0.1) is 12.0 Å². The van der Waals surface area contributed by atoms with Crippen LogP contribution in [-0.4, -0.2) is 18.5 Å². The van der Waals surface area contributed by atoms with Crippen LogP contribution in [0.3, 0.4) is 0 Å². The van der Waals surface area contributed by atoms with E-state index in [-0.39, 0.29) is 11.5 Å². The summed E-state index contributed by atoms with van der Waals surface area (Å²) in [6.07, 6.45) is 5.71. The van der Waals surface area contributed by atoms with E-state index in [1.807, 2.05) is 6.92 Å². The summed E-state index contributed by atoms with van der Waals surface area (Å²) in [5.41, 5.74) is -0.0579. The summed E-state index contributed by atoms with van der Waals surface area (Å²) in [7, 11) is 0. The molecule has 1 saturated heterocycles. The van der Waals surface area contributed by atoms with Gasteiger partial charge < -0.3 is 4.74 Å². The number of hydrogen-bond acceptors (Lipinski definition) is 2. The first-order valence-electron chi connectivity index (χ1n) is 4.91. The van der Waals surface area contributed by atoms with Gasteiger partial charge in [-0.2, -0.15) is 0 Å². The van der Waals surface area contributed by atoms with Gasteiger partial charge in [0, 0.05) is 0 Å². The second kappa shape index (κ2) is 2.84. The maximum Gasteiger partial charge on any atom is 0.169 e. The van der Waals surface area contributed by atoms with E-state index in [1.165, 1.54) is 19.3 Å². The van der Waals surface area contributed by atoms with Gasteiger partial charge in [-0.1, -0.05) is 19.3 Å². The predicted octanol–water partition coefficient (Wildman–Crippen LogP) is 1.92. The van der Waals surface area contributed by atoms with Crippen molar-refractivity contribution in [3.05, 3.63) is 0 Å². The van der Waals surface area contributed by atoms with Gasteiger partial charge in [-0.3, -0.25) is 4.79 Å². The Bertz CT molecular complexity index is 187. The van der Waals surface area contributed by atoms with Crippen molar-refractivity contribution < 1.29 is 9.53 Å². The molecule has 68 valence electrons. The zero-order valence-corrected chi connectivity index (χ0v) is 7.64. The molecule has 1 heterocycles. The summed E-state index contributed by atoms with van der Waals surface area (Å²) in [5.74, 6) is 0.363. The number of carbonyl (C=O) groups excluding carboxylic acids is 1. The Morgan fingerprint density at radius 3 is 2.50 bits per heavy atom. The normalized spacial score (nSPS) is 34.4. The highest BCUT2D eigenvalue weighted by atomic mass is 16.5. The third-order valence-corrected chi connectivity index (χ3v) is 3.31. The number of hydrogen-bond donors (Lipinski definition) is 0. The van der Waals surface area contributed by atoms with Crippen molar-refractivity contribution in [1.29, 1.82) is 0 Å². The number of carbonyl (C=O) groups is 1. The van der Waals surface area contributed by atoms with Crippen LogP contribution >= 0.6 is 0 Å². The molecule has 0 N–H and O–H groups in total. The molecular formula is C10H16O2. The predicted molar refractivity (Wildman–Crippen MR) is 45.9 cm³/mol. The van der Waals surface area contributed by atoms with Crippen molar-refractivity contribution in [1.82, 2.24) is 0 Å². The first-order chi connectivity index (χ1) is 5.75. The quantitative estimate of drug-likeness (QED) is 0.552. The van der Waals surface area contributed by atoms with E-state index in [0.717, 1.165) is 12.8 Å². The van der Waals surface area contributed by atoms with E-state index >= 15 is 0 Å². The highest BCUT2D eigenvalue weighted by Crippen LogP contribution is 2.42. The van der Waals surface area contributed by atoms with Gasteiger partial charge in [0.2, 0.25) is 0 Å². The summed E-state index contributed by atoms with van der Waals surface area (Å²) < 4.78 is 5.41. The lowest BCUT2D eigenvalue weighted by Crippen LogP contribution is -2.33. The van der Waals surface area contributed by atoms with Crippen LogP contribution in [0.5, 0.6) is 0 Å². The maximum atomic E-state index is 11.8. The average molecular weight is 168 g/mol.